The summed E-state index contributed by atoms with van der Waals surface area (Å²) in [6.07, 6.45) is -3.90. The van der Waals surface area contributed by atoms with Crippen molar-refractivity contribution in [3.05, 3.63) is 53.2 Å². The average molecular weight is 425 g/mol. The minimum absolute atomic E-state index is 0.0895. The second kappa shape index (κ2) is 7.83. The molecule has 10 heteroatoms. The van der Waals surface area contributed by atoms with E-state index in [1.54, 1.807) is 37.4 Å². The molecule has 0 aliphatic carbocycles. The lowest BCUT2D eigenvalue weighted by molar-refractivity contribution is -0.0457. The number of halogens is 3. The fourth-order valence-electron chi connectivity index (χ4n) is 3.51. The molecule has 4 rings (SSSR count). The Labute approximate surface area is 169 Å². The first-order valence-corrected chi connectivity index (χ1v) is 9.42. The van der Waals surface area contributed by atoms with Crippen molar-refractivity contribution in [3.8, 4) is 0 Å². The Hall–Kier alpha value is -2.33. The number of fused-ring (bicyclic) bond motifs is 1. The Morgan fingerprint density at radius 3 is 2.76 bits per heavy atom. The highest BCUT2D eigenvalue weighted by molar-refractivity contribution is 6.28. The highest BCUT2D eigenvalue weighted by Crippen LogP contribution is 2.36. The van der Waals surface area contributed by atoms with Crippen LogP contribution in [0.1, 0.15) is 24.8 Å². The Morgan fingerprint density at radius 2 is 2.07 bits per heavy atom. The molecule has 1 fully saturated rings. The number of nitrogens with zero attached hydrogens (tertiary/aromatic N) is 3. The third kappa shape index (κ3) is 3.55. The van der Waals surface area contributed by atoms with Gasteiger partial charge in [-0.3, -0.25) is 0 Å². The van der Waals surface area contributed by atoms with Gasteiger partial charge in [-0.05, 0) is 30.7 Å². The van der Waals surface area contributed by atoms with Gasteiger partial charge >= 0.3 is 0 Å². The summed E-state index contributed by atoms with van der Waals surface area (Å²) in [7, 11) is 0. The van der Waals surface area contributed by atoms with Crippen LogP contribution in [0.5, 0.6) is 0 Å². The summed E-state index contributed by atoms with van der Waals surface area (Å²) in [6, 6.07) is 7.59. The third-order valence-electron chi connectivity index (χ3n) is 5.02. The van der Waals surface area contributed by atoms with E-state index in [0.717, 1.165) is 0 Å². The van der Waals surface area contributed by atoms with Crippen molar-refractivity contribution in [2.75, 3.05) is 11.9 Å². The van der Waals surface area contributed by atoms with Crippen LogP contribution in [0.2, 0.25) is 5.28 Å². The van der Waals surface area contributed by atoms with Gasteiger partial charge in [-0.2, -0.15) is 4.98 Å². The standard InChI is InChI=1S/C19H19ClF2N4O3/c1-9(10-4-2-3-5-12(10)21)23-16-11-6-7-26(17(11)25-19(20)24-16)18-14(22)15(28)13(8-27)29-18/h2-7,9,13-15,18,27-28H,8H2,1H3,(H,23,24,25)/t9-,13+,14-,15+,18+/m0/s1. The van der Waals surface area contributed by atoms with Crippen molar-refractivity contribution in [1.82, 2.24) is 14.5 Å². The molecule has 0 unspecified atom stereocenters. The van der Waals surface area contributed by atoms with Gasteiger partial charge in [0.25, 0.3) is 0 Å². The topological polar surface area (TPSA) is 92.4 Å². The molecule has 5 atom stereocenters. The van der Waals surface area contributed by atoms with Gasteiger partial charge in [-0.25, -0.2) is 13.8 Å². The number of anilines is 1. The molecule has 0 radical (unpaired) electrons. The molecule has 1 aliphatic rings. The van der Waals surface area contributed by atoms with Gasteiger partial charge < -0.3 is 24.8 Å². The molecular formula is C19H19ClF2N4O3. The molecule has 0 bridgehead atoms. The normalized spacial score (nSPS) is 25.4. The zero-order valence-corrected chi connectivity index (χ0v) is 16.1. The van der Waals surface area contributed by atoms with Gasteiger partial charge in [0.2, 0.25) is 5.28 Å². The SMILES string of the molecule is C[C@H](Nc1nc(Cl)nc2c1ccn2[C@@H]1O[C@H](CO)[C@@H](O)[C@@H]1F)c1ccccc1F. The van der Waals surface area contributed by atoms with Crippen molar-refractivity contribution in [3.63, 3.8) is 0 Å². The minimum Gasteiger partial charge on any atom is -0.394 e. The van der Waals surface area contributed by atoms with Gasteiger partial charge in [0, 0.05) is 11.8 Å². The quantitative estimate of drug-likeness (QED) is 0.545. The number of aliphatic hydroxyl groups is 2. The second-order valence-electron chi connectivity index (χ2n) is 6.87. The highest BCUT2D eigenvalue weighted by atomic mass is 35.5. The molecule has 1 aromatic carbocycles. The number of aromatic nitrogens is 3. The molecule has 29 heavy (non-hydrogen) atoms. The third-order valence-corrected chi connectivity index (χ3v) is 5.19. The number of rotatable bonds is 5. The molecule has 0 amide bonds. The first-order valence-electron chi connectivity index (χ1n) is 9.04. The van der Waals surface area contributed by atoms with E-state index in [1.165, 1.54) is 10.6 Å². The van der Waals surface area contributed by atoms with Crippen LogP contribution >= 0.6 is 11.6 Å². The van der Waals surface area contributed by atoms with E-state index in [4.69, 9.17) is 16.3 Å². The van der Waals surface area contributed by atoms with Crippen LogP contribution in [0.15, 0.2) is 36.5 Å². The van der Waals surface area contributed by atoms with Crippen molar-refractivity contribution in [2.45, 2.75) is 37.6 Å². The zero-order chi connectivity index (χ0) is 20.7. The lowest BCUT2D eigenvalue weighted by atomic mass is 10.1. The molecule has 1 aliphatic heterocycles. The number of benzene rings is 1. The number of alkyl halides is 1. The smallest absolute Gasteiger partial charge is 0.226 e. The molecule has 3 N–H and O–H groups in total. The summed E-state index contributed by atoms with van der Waals surface area (Å²) in [5, 5.41) is 22.7. The van der Waals surface area contributed by atoms with Crippen LogP contribution in [-0.2, 0) is 4.74 Å². The molecule has 7 nitrogen and oxygen atoms in total. The van der Waals surface area contributed by atoms with Gasteiger partial charge in [0.05, 0.1) is 18.0 Å². The second-order valence-corrected chi connectivity index (χ2v) is 7.21. The van der Waals surface area contributed by atoms with Crippen molar-refractivity contribution in [1.29, 1.82) is 0 Å². The summed E-state index contributed by atoms with van der Waals surface area (Å²) in [5.74, 6) is -0.00714. The van der Waals surface area contributed by atoms with E-state index in [-0.39, 0.29) is 16.7 Å². The fraction of sp³-hybridized carbons (Fsp3) is 0.368. The van der Waals surface area contributed by atoms with E-state index < -0.39 is 37.3 Å². The van der Waals surface area contributed by atoms with Crippen molar-refractivity contribution < 1.29 is 23.7 Å². The first-order chi connectivity index (χ1) is 13.9. The molecule has 1 saturated heterocycles. The van der Waals surface area contributed by atoms with Gasteiger partial charge in [-0.15, -0.1) is 0 Å². The lowest BCUT2D eigenvalue weighted by Gasteiger charge is -2.18. The van der Waals surface area contributed by atoms with Crippen molar-refractivity contribution >= 4 is 28.5 Å². The van der Waals surface area contributed by atoms with Crippen LogP contribution < -0.4 is 5.32 Å². The van der Waals surface area contributed by atoms with Crippen LogP contribution in [0, 0.1) is 5.82 Å². The Bertz CT molecular complexity index is 1030. The number of aliphatic hydroxyl groups excluding tert-OH is 2. The summed E-state index contributed by atoms with van der Waals surface area (Å²) in [4.78, 5) is 8.35. The van der Waals surface area contributed by atoms with Crippen LogP contribution in [-0.4, -0.2) is 49.7 Å². The number of hydrogen-bond acceptors (Lipinski definition) is 6. The molecule has 2 aromatic heterocycles. The molecule has 3 heterocycles. The van der Waals surface area contributed by atoms with E-state index in [0.29, 0.717) is 16.8 Å². The van der Waals surface area contributed by atoms with E-state index in [2.05, 4.69) is 15.3 Å². The Kier molecular flexibility index (Phi) is 5.39. The summed E-state index contributed by atoms with van der Waals surface area (Å²) in [6.45, 7) is 1.26. The zero-order valence-electron chi connectivity index (χ0n) is 15.3. The minimum atomic E-state index is -1.76. The predicted octanol–water partition coefficient (Wildman–Crippen LogP) is 2.99. The number of hydrogen-bond donors (Lipinski definition) is 3. The Balaban J connectivity index is 1.70. The van der Waals surface area contributed by atoms with Crippen molar-refractivity contribution in [2.24, 2.45) is 0 Å². The van der Waals surface area contributed by atoms with Gasteiger partial charge in [-0.1, -0.05) is 18.2 Å². The fourth-order valence-corrected chi connectivity index (χ4v) is 3.67. The monoisotopic (exact) mass is 424 g/mol. The molecule has 3 aromatic rings. The largest absolute Gasteiger partial charge is 0.394 e. The lowest BCUT2D eigenvalue weighted by Crippen LogP contribution is -2.30. The predicted molar refractivity (Wildman–Crippen MR) is 103 cm³/mol. The summed E-state index contributed by atoms with van der Waals surface area (Å²) in [5.41, 5.74) is 0.735. The first kappa shape index (κ1) is 20.0. The molecule has 154 valence electrons. The summed E-state index contributed by atoms with van der Waals surface area (Å²) >= 11 is 6.07. The molecule has 0 saturated carbocycles. The summed E-state index contributed by atoms with van der Waals surface area (Å²) < 4.78 is 35.5. The van der Waals surface area contributed by atoms with Crippen LogP contribution in [0.25, 0.3) is 11.0 Å². The maximum atomic E-state index is 14.5. The molecule has 0 spiro atoms. The van der Waals surface area contributed by atoms with E-state index in [1.807, 2.05) is 0 Å². The van der Waals surface area contributed by atoms with E-state index in [9.17, 15) is 19.0 Å². The average Bonchev–Trinajstić information content (AvgIpc) is 3.23. The van der Waals surface area contributed by atoms with Crippen LogP contribution in [0.4, 0.5) is 14.6 Å². The van der Waals surface area contributed by atoms with Gasteiger partial charge in [0.1, 0.15) is 29.5 Å². The maximum Gasteiger partial charge on any atom is 0.226 e. The number of nitrogens with one attached hydrogen (secondary N) is 1. The Morgan fingerprint density at radius 1 is 1.31 bits per heavy atom. The highest BCUT2D eigenvalue weighted by Gasteiger charge is 2.45. The molecular weight excluding hydrogens is 406 g/mol. The van der Waals surface area contributed by atoms with E-state index >= 15 is 0 Å². The van der Waals surface area contributed by atoms with Gasteiger partial charge in [0.15, 0.2) is 12.4 Å². The number of ether oxygens (including phenoxy) is 1. The maximum absolute atomic E-state index is 14.5. The van der Waals surface area contributed by atoms with Crippen LogP contribution in [0.3, 0.4) is 0 Å².